The molecule has 0 saturated heterocycles. The van der Waals surface area contributed by atoms with Gasteiger partial charge in [-0.2, -0.15) is 0 Å². The van der Waals surface area contributed by atoms with Crippen molar-refractivity contribution in [2.75, 3.05) is 13.1 Å². The molecular formula is C18H29N. The van der Waals surface area contributed by atoms with Crippen LogP contribution in [0.3, 0.4) is 0 Å². The van der Waals surface area contributed by atoms with Gasteiger partial charge >= 0.3 is 0 Å². The first-order valence-electron chi connectivity index (χ1n) is 8.03. The lowest BCUT2D eigenvalue weighted by molar-refractivity contribution is 0.444. The summed E-state index contributed by atoms with van der Waals surface area (Å²) in [6, 6.07) is 9.40. The second-order valence-electron chi connectivity index (χ2n) is 6.32. The lowest BCUT2D eigenvalue weighted by Crippen LogP contribution is -2.25. The molecule has 2 rings (SSSR count). The van der Waals surface area contributed by atoms with Crippen LogP contribution in [0, 0.1) is 5.92 Å². The van der Waals surface area contributed by atoms with Crippen molar-refractivity contribution in [3.63, 3.8) is 0 Å². The molecule has 1 saturated carbocycles. The molecule has 0 aromatic heterocycles. The van der Waals surface area contributed by atoms with Gasteiger partial charge in [0.05, 0.1) is 0 Å². The molecule has 1 aliphatic rings. The fourth-order valence-corrected chi connectivity index (χ4v) is 3.31. The van der Waals surface area contributed by atoms with Crippen molar-refractivity contribution >= 4 is 0 Å². The molecular weight excluding hydrogens is 230 g/mol. The third-order valence-electron chi connectivity index (χ3n) is 4.52. The summed E-state index contributed by atoms with van der Waals surface area (Å²) in [5.41, 5.74) is 3.02. The Morgan fingerprint density at radius 2 is 1.89 bits per heavy atom. The fraction of sp³-hybridized carbons (Fsp3) is 0.667. The van der Waals surface area contributed by atoms with E-state index in [0.29, 0.717) is 5.92 Å². The summed E-state index contributed by atoms with van der Waals surface area (Å²) in [7, 11) is 0. The summed E-state index contributed by atoms with van der Waals surface area (Å²) in [4.78, 5) is 0. The Morgan fingerprint density at radius 1 is 1.16 bits per heavy atom. The van der Waals surface area contributed by atoms with Crippen molar-refractivity contribution in [1.29, 1.82) is 0 Å². The third kappa shape index (κ3) is 3.82. The molecule has 0 spiro atoms. The minimum absolute atomic E-state index is 0.639. The van der Waals surface area contributed by atoms with Crippen LogP contribution in [0.15, 0.2) is 24.3 Å². The van der Waals surface area contributed by atoms with Crippen molar-refractivity contribution < 1.29 is 0 Å². The molecule has 1 aliphatic carbocycles. The lowest BCUT2D eigenvalue weighted by Gasteiger charge is -2.21. The zero-order valence-corrected chi connectivity index (χ0v) is 12.8. The Balaban J connectivity index is 1.99. The molecule has 1 aromatic rings. The number of rotatable bonds is 6. The van der Waals surface area contributed by atoms with E-state index in [0.717, 1.165) is 18.4 Å². The number of nitrogens with one attached hydrogen (secondary N) is 1. The predicted octanol–water partition coefficient (Wildman–Crippen LogP) is 4.69. The molecule has 1 aromatic carbocycles. The maximum Gasteiger partial charge on any atom is -0.00147 e. The van der Waals surface area contributed by atoms with E-state index >= 15 is 0 Å². The smallest absolute Gasteiger partial charge is 0.00147 e. The Hall–Kier alpha value is -0.820. The summed E-state index contributed by atoms with van der Waals surface area (Å²) in [5, 5.41) is 3.61. The maximum atomic E-state index is 3.61. The Kier molecular flexibility index (Phi) is 5.45. The number of benzene rings is 1. The minimum atomic E-state index is 0.639. The van der Waals surface area contributed by atoms with Gasteiger partial charge in [-0.1, -0.05) is 51.5 Å². The average molecular weight is 259 g/mol. The Morgan fingerprint density at radius 3 is 2.53 bits per heavy atom. The monoisotopic (exact) mass is 259 g/mol. The minimum Gasteiger partial charge on any atom is -0.316 e. The highest BCUT2D eigenvalue weighted by Crippen LogP contribution is 2.39. The zero-order valence-electron chi connectivity index (χ0n) is 12.8. The van der Waals surface area contributed by atoms with Crippen LogP contribution < -0.4 is 5.32 Å². The van der Waals surface area contributed by atoms with E-state index in [4.69, 9.17) is 0 Å². The predicted molar refractivity (Wildman–Crippen MR) is 83.8 cm³/mol. The highest BCUT2D eigenvalue weighted by atomic mass is 14.9. The van der Waals surface area contributed by atoms with Crippen molar-refractivity contribution in [3.8, 4) is 0 Å². The van der Waals surface area contributed by atoms with E-state index in [9.17, 15) is 0 Å². The summed E-state index contributed by atoms with van der Waals surface area (Å²) in [6.45, 7) is 9.13. The summed E-state index contributed by atoms with van der Waals surface area (Å²) >= 11 is 0. The first-order valence-corrected chi connectivity index (χ1v) is 8.03. The standard InChI is InChI=1S/C18H29N/c1-4-12-19-13-17-6-5-7-18(17)16-10-8-15(9-11-16)14(2)3/h8-11,14,17-19H,4-7,12-13H2,1-3H3. The van der Waals surface area contributed by atoms with Crippen LogP contribution in [0.5, 0.6) is 0 Å². The van der Waals surface area contributed by atoms with Crippen LogP contribution in [0.2, 0.25) is 0 Å². The summed E-state index contributed by atoms with van der Waals surface area (Å²) < 4.78 is 0. The van der Waals surface area contributed by atoms with Crippen LogP contribution >= 0.6 is 0 Å². The van der Waals surface area contributed by atoms with Crippen molar-refractivity contribution in [2.24, 2.45) is 5.92 Å². The molecule has 106 valence electrons. The largest absolute Gasteiger partial charge is 0.316 e. The number of hydrogen-bond donors (Lipinski definition) is 1. The highest BCUT2D eigenvalue weighted by Gasteiger charge is 2.27. The van der Waals surface area contributed by atoms with Gasteiger partial charge < -0.3 is 5.32 Å². The van der Waals surface area contributed by atoms with Crippen molar-refractivity contribution in [1.82, 2.24) is 5.32 Å². The van der Waals surface area contributed by atoms with E-state index in [1.165, 1.54) is 37.8 Å². The maximum absolute atomic E-state index is 3.61. The van der Waals surface area contributed by atoms with E-state index < -0.39 is 0 Å². The third-order valence-corrected chi connectivity index (χ3v) is 4.52. The fourth-order valence-electron chi connectivity index (χ4n) is 3.31. The van der Waals surface area contributed by atoms with E-state index in [2.05, 4.69) is 50.4 Å². The average Bonchev–Trinajstić information content (AvgIpc) is 2.87. The summed E-state index contributed by atoms with van der Waals surface area (Å²) in [6.07, 6.45) is 5.41. The summed E-state index contributed by atoms with van der Waals surface area (Å²) in [5.74, 6) is 2.27. The van der Waals surface area contributed by atoms with Crippen LogP contribution in [-0.2, 0) is 0 Å². The molecule has 2 atom stereocenters. The molecule has 19 heavy (non-hydrogen) atoms. The van der Waals surface area contributed by atoms with Crippen molar-refractivity contribution in [3.05, 3.63) is 35.4 Å². The van der Waals surface area contributed by atoms with Gasteiger partial charge in [0.25, 0.3) is 0 Å². The molecule has 1 heteroatoms. The van der Waals surface area contributed by atoms with Crippen molar-refractivity contribution in [2.45, 2.75) is 58.3 Å². The van der Waals surface area contributed by atoms with Crippen LogP contribution in [0.1, 0.15) is 69.4 Å². The molecule has 0 aliphatic heterocycles. The van der Waals surface area contributed by atoms with Gasteiger partial charge in [-0.05, 0) is 61.2 Å². The van der Waals surface area contributed by atoms with Gasteiger partial charge in [-0.25, -0.2) is 0 Å². The van der Waals surface area contributed by atoms with Gasteiger partial charge in [0.15, 0.2) is 0 Å². The molecule has 0 heterocycles. The molecule has 2 unspecified atom stereocenters. The number of hydrogen-bond acceptors (Lipinski definition) is 1. The van der Waals surface area contributed by atoms with E-state index in [1.54, 1.807) is 5.56 Å². The lowest BCUT2D eigenvalue weighted by atomic mass is 9.87. The van der Waals surface area contributed by atoms with Gasteiger partial charge in [0.1, 0.15) is 0 Å². The SMILES string of the molecule is CCCNCC1CCCC1c1ccc(C(C)C)cc1. The molecule has 0 amide bonds. The molecule has 0 radical (unpaired) electrons. The first kappa shape index (κ1) is 14.6. The van der Waals surface area contributed by atoms with Gasteiger partial charge in [0.2, 0.25) is 0 Å². The normalized spacial score (nSPS) is 23.2. The molecule has 0 bridgehead atoms. The van der Waals surface area contributed by atoms with Gasteiger partial charge in [-0.15, -0.1) is 0 Å². The van der Waals surface area contributed by atoms with Gasteiger partial charge in [0, 0.05) is 0 Å². The topological polar surface area (TPSA) is 12.0 Å². The first-order chi connectivity index (χ1) is 9.22. The van der Waals surface area contributed by atoms with Crippen LogP contribution in [-0.4, -0.2) is 13.1 Å². The van der Waals surface area contributed by atoms with Gasteiger partial charge in [-0.3, -0.25) is 0 Å². The van der Waals surface area contributed by atoms with Crippen LogP contribution in [0.25, 0.3) is 0 Å². The zero-order chi connectivity index (χ0) is 13.7. The molecule has 1 fully saturated rings. The van der Waals surface area contributed by atoms with Crippen LogP contribution in [0.4, 0.5) is 0 Å². The Bertz CT molecular complexity index is 366. The second kappa shape index (κ2) is 7.09. The van der Waals surface area contributed by atoms with E-state index in [1.807, 2.05) is 0 Å². The highest BCUT2D eigenvalue weighted by molar-refractivity contribution is 5.28. The second-order valence-corrected chi connectivity index (χ2v) is 6.32. The Labute approximate surface area is 118 Å². The molecule has 1 N–H and O–H groups in total. The molecule has 1 nitrogen and oxygen atoms in total. The van der Waals surface area contributed by atoms with E-state index in [-0.39, 0.29) is 0 Å². The quantitative estimate of drug-likeness (QED) is 0.731.